The van der Waals surface area contributed by atoms with Gasteiger partial charge in [-0.1, -0.05) is 0 Å². The molecule has 0 spiro atoms. The lowest BCUT2D eigenvalue weighted by molar-refractivity contribution is -0.116. The summed E-state index contributed by atoms with van der Waals surface area (Å²) in [6, 6.07) is 3.79. The smallest absolute Gasteiger partial charge is 0.160 e. The van der Waals surface area contributed by atoms with Crippen LogP contribution in [0, 0.1) is 0 Å². The van der Waals surface area contributed by atoms with Crippen molar-refractivity contribution in [3.63, 3.8) is 0 Å². The van der Waals surface area contributed by atoms with Gasteiger partial charge in [-0.3, -0.25) is 4.79 Å². The second-order valence-corrected chi connectivity index (χ2v) is 5.26. The highest BCUT2D eigenvalue weighted by atomic mass is 16.1. The highest BCUT2D eigenvalue weighted by molar-refractivity contribution is 5.79. The number of imidazole rings is 1. The Labute approximate surface area is 101 Å². The van der Waals surface area contributed by atoms with Gasteiger partial charge < -0.3 is 4.57 Å². The molecule has 2 rings (SSSR count). The fourth-order valence-electron chi connectivity index (χ4n) is 2.01. The van der Waals surface area contributed by atoms with Gasteiger partial charge in [-0.25, -0.2) is 9.97 Å². The first-order valence-corrected chi connectivity index (χ1v) is 5.72. The fourth-order valence-corrected chi connectivity index (χ4v) is 2.01. The molecule has 0 N–H and O–H groups in total. The number of Topliss-reactive ketones (excluding diaryl/α,β-unsaturated/α-hetero) is 1. The third kappa shape index (κ3) is 2.20. The maximum Gasteiger partial charge on any atom is 0.160 e. The Morgan fingerprint density at radius 3 is 2.71 bits per heavy atom. The van der Waals surface area contributed by atoms with Crippen LogP contribution < -0.4 is 0 Å². The van der Waals surface area contributed by atoms with Crippen molar-refractivity contribution in [2.24, 2.45) is 0 Å². The average molecular weight is 231 g/mol. The zero-order valence-electron chi connectivity index (χ0n) is 10.7. The molecule has 0 atom stereocenters. The molecule has 0 bridgehead atoms. The van der Waals surface area contributed by atoms with E-state index in [0.29, 0.717) is 6.42 Å². The largest absolute Gasteiger partial charge is 0.307 e. The van der Waals surface area contributed by atoms with Gasteiger partial charge in [0.15, 0.2) is 5.65 Å². The molecule has 4 heteroatoms. The van der Waals surface area contributed by atoms with Gasteiger partial charge in [-0.05, 0) is 39.8 Å². The summed E-state index contributed by atoms with van der Waals surface area (Å²) >= 11 is 0. The molecule has 17 heavy (non-hydrogen) atoms. The van der Waals surface area contributed by atoms with Gasteiger partial charge in [0.2, 0.25) is 0 Å². The number of rotatable bonds is 2. The molecule has 0 radical (unpaired) electrons. The molecule has 90 valence electrons. The van der Waals surface area contributed by atoms with E-state index in [2.05, 4.69) is 30.7 Å². The van der Waals surface area contributed by atoms with Crippen molar-refractivity contribution < 1.29 is 4.79 Å². The fraction of sp³-hybridized carbons (Fsp3) is 0.462. The molecule has 0 amide bonds. The van der Waals surface area contributed by atoms with E-state index < -0.39 is 0 Å². The topological polar surface area (TPSA) is 47.8 Å². The van der Waals surface area contributed by atoms with Crippen LogP contribution in [0.5, 0.6) is 0 Å². The van der Waals surface area contributed by atoms with Crippen LogP contribution in [-0.4, -0.2) is 20.3 Å². The predicted molar refractivity (Wildman–Crippen MR) is 66.9 cm³/mol. The number of carbonyl (C=O) groups is 1. The van der Waals surface area contributed by atoms with Gasteiger partial charge in [-0.15, -0.1) is 0 Å². The maximum atomic E-state index is 11.3. The Hall–Kier alpha value is -1.71. The minimum atomic E-state index is -0.131. The number of hydrogen-bond acceptors (Lipinski definition) is 3. The van der Waals surface area contributed by atoms with Crippen LogP contribution in [0.1, 0.15) is 33.5 Å². The number of carbonyl (C=O) groups excluding carboxylic acids is 1. The second kappa shape index (κ2) is 3.95. The summed E-state index contributed by atoms with van der Waals surface area (Å²) in [6.07, 6.45) is 2.11. The Bertz CT molecular complexity index is 564. The van der Waals surface area contributed by atoms with Crippen LogP contribution in [0.4, 0.5) is 0 Å². The summed E-state index contributed by atoms with van der Waals surface area (Å²) in [5.74, 6) is 0.907. The molecule has 0 fully saturated rings. The van der Waals surface area contributed by atoms with Crippen LogP contribution in [0.2, 0.25) is 0 Å². The summed E-state index contributed by atoms with van der Waals surface area (Å²) in [6.45, 7) is 7.85. The summed E-state index contributed by atoms with van der Waals surface area (Å²) in [5.41, 5.74) is 1.56. The lowest BCUT2D eigenvalue weighted by atomic mass is 10.1. The zero-order valence-corrected chi connectivity index (χ0v) is 10.7. The van der Waals surface area contributed by atoms with Gasteiger partial charge in [0, 0.05) is 11.7 Å². The molecule has 4 nitrogen and oxygen atoms in total. The van der Waals surface area contributed by atoms with Crippen molar-refractivity contribution in [2.45, 2.75) is 39.7 Å². The first-order valence-electron chi connectivity index (χ1n) is 5.72. The number of aromatic nitrogens is 3. The van der Waals surface area contributed by atoms with Crippen molar-refractivity contribution in [3.8, 4) is 0 Å². The maximum absolute atomic E-state index is 11.3. The normalized spacial score (nSPS) is 12.0. The van der Waals surface area contributed by atoms with Crippen LogP contribution in [-0.2, 0) is 16.8 Å². The first-order chi connectivity index (χ1) is 7.89. The average Bonchev–Trinajstić information content (AvgIpc) is 2.53. The SMILES string of the molecule is CC(=O)Cc1nc2cccnc2n1C(C)(C)C. The Balaban J connectivity index is 2.69. The molecular formula is C13H17N3O. The van der Waals surface area contributed by atoms with E-state index in [9.17, 15) is 4.79 Å². The van der Waals surface area contributed by atoms with Crippen molar-refractivity contribution in [2.75, 3.05) is 0 Å². The van der Waals surface area contributed by atoms with Crippen molar-refractivity contribution in [3.05, 3.63) is 24.2 Å². The summed E-state index contributed by atoms with van der Waals surface area (Å²) in [7, 11) is 0. The van der Waals surface area contributed by atoms with E-state index >= 15 is 0 Å². The molecule has 0 aliphatic heterocycles. The quantitative estimate of drug-likeness (QED) is 0.797. The molecule has 0 saturated heterocycles. The molecule has 2 aromatic rings. The lowest BCUT2D eigenvalue weighted by Crippen LogP contribution is -2.25. The minimum absolute atomic E-state index is 0.116. The van der Waals surface area contributed by atoms with Gasteiger partial charge in [-0.2, -0.15) is 0 Å². The van der Waals surface area contributed by atoms with Crippen molar-refractivity contribution >= 4 is 16.9 Å². The Kier molecular flexibility index (Phi) is 2.73. The number of hydrogen-bond donors (Lipinski definition) is 0. The predicted octanol–water partition coefficient (Wildman–Crippen LogP) is 2.32. The molecule has 0 saturated carbocycles. The van der Waals surface area contributed by atoms with Gasteiger partial charge in [0.1, 0.15) is 17.1 Å². The molecule has 0 aliphatic rings. The Morgan fingerprint density at radius 2 is 2.12 bits per heavy atom. The number of fused-ring (bicyclic) bond motifs is 1. The van der Waals surface area contributed by atoms with Crippen LogP contribution in [0.25, 0.3) is 11.2 Å². The summed E-state index contributed by atoms with van der Waals surface area (Å²) in [5, 5.41) is 0. The number of pyridine rings is 1. The van der Waals surface area contributed by atoms with E-state index in [4.69, 9.17) is 0 Å². The molecular weight excluding hydrogens is 214 g/mol. The second-order valence-electron chi connectivity index (χ2n) is 5.26. The molecule has 2 heterocycles. The van der Waals surface area contributed by atoms with Crippen LogP contribution in [0.3, 0.4) is 0 Å². The lowest BCUT2D eigenvalue weighted by Gasteiger charge is -2.23. The summed E-state index contributed by atoms with van der Waals surface area (Å²) < 4.78 is 2.05. The van der Waals surface area contributed by atoms with Gasteiger partial charge in [0.25, 0.3) is 0 Å². The molecule has 0 aromatic carbocycles. The molecule has 0 aliphatic carbocycles. The molecule has 2 aromatic heterocycles. The third-order valence-electron chi connectivity index (χ3n) is 2.56. The zero-order chi connectivity index (χ0) is 12.6. The molecule has 0 unspecified atom stereocenters. The highest BCUT2D eigenvalue weighted by Gasteiger charge is 2.22. The van der Waals surface area contributed by atoms with E-state index in [0.717, 1.165) is 17.0 Å². The van der Waals surface area contributed by atoms with Crippen molar-refractivity contribution in [1.82, 2.24) is 14.5 Å². The van der Waals surface area contributed by atoms with E-state index in [1.807, 2.05) is 16.7 Å². The summed E-state index contributed by atoms with van der Waals surface area (Å²) in [4.78, 5) is 20.2. The number of nitrogens with zero attached hydrogens (tertiary/aromatic N) is 3. The standard InChI is InChI=1S/C13H17N3O/c1-9(17)8-11-15-10-6-5-7-14-12(10)16(11)13(2,3)4/h5-7H,8H2,1-4H3. The van der Waals surface area contributed by atoms with Gasteiger partial charge in [0.05, 0.1) is 6.42 Å². The number of ketones is 1. The minimum Gasteiger partial charge on any atom is -0.307 e. The highest BCUT2D eigenvalue weighted by Crippen LogP contribution is 2.23. The first kappa shape index (κ1) is 11.8. The van der Waals surface area contributed by atoms with E-state index in [1.54, 1.807) is 13.1 Å². The van der Waals surface area contributed by atoms with Crippen LogP contribution in [0.15, 0.2) is 18.3 Å². The Morgan fingerprint density at radius 1 is 1.41 bits per heavy atom. The van der Waals surface area contributed by atoms with E-state index in [1.165, 1.54) is 0 Å². The third-order valence-corrected chi connectivity index (χ3v) is 2.56. The van der Waals surface area contributed by atoms with Crippen molar-refractivity contribution in [1.29, 1.82) is 0 Å². The van der Waals surface area contributed by atoms with Gasteiger partial charge >= 0.3 is 0 Å². The monoisotopic (exact) mass is 231 g/mol. The van der Waals surface area contributed by atoms with Crippen LogP contribution >= 0.6 is 0 Å². The van der Waals surface area contributed by atoms with E-state index in [-0.39, 0.29) is 11.3 Å².